The summed E-state index contributed by atoms with van der Waals surface area (Å²) in [5.74, 6) is 0.265. The molecule has 2 aromatic carbocycles. The molecule has 2 aromatic rings. The number of benzene rings is 2. The van der Waals surface area contributed by atoms with E-state index in [0.717, 1.165) is 0 Å². The lowest BCUT2D eigenvalue weighted by atomic mass is 10.00. The normalized spacial score (nSPS) is 12.6. The SMILES string of the molecule is COc1cc(OC)c(Cl)c(-c2ccc(C(N)=O)c3c2=NCCN=3)c1Cl. The summed E-state index contributed by atoms with van der Waals surface area (Å²) in [4.78, 5) is 20.6. The number of nitrogens with zero attached hydrogens (tertiary/aromatic N) is 2. The number of hydrogen-bond donors (Lipinski definition) is 1. The molecular formula is C17H15Cl2N3O3. The molecule has 0 saturated carbocycles. The van der Waals surface area contributed by atoms with Gasteiger partial charge in [0.2, 0.25) is 0 Å². The van der Waals surface area contributed by atoms with Crippen molar-refractivity contribution in [2.45, 2.75) is 0 Å². The van der Waals surface area contributed by atoms with Crippen molar-refractivity contribution >= 4 is 29.1 Å². The first kappa shape index (κ1) is 17.5. The third-order valence-corrected chi connectivity index (χ3v) is 4.65. The molecule has 2 N–H and O–H groups in total. The molecule has 0 radical (unpaired) electrons. The number of hydrogen-bond acceptors (Lipinski definition) is 5. The highest BCUT2D eigenvalue weighted by molar-refractivity contribution is 6.41. The molecule has 3 rings (SSSR count). The Morgan fingerprint density at radius 3 is 2.12 bits per heavy atom. The van der Waals surface area contributed by atoms with Crippen molar-refractivity contribution in [3.63, 3.8) is 0 Å². The first-order chi connectivity index (χ1) is 12.0. The summed E-state index contributed by atoms with van der Waals surface area (Å²) in [6, 6.07) is 4.91. The Morgan fingerprint density at radius 1 is 1.04 bits per heavy atom. The summed E-state index contributed by atoms with van der Waals surface area (Å²) in [6.45, 7) is 0.984. The van der Waals surface area contributed by atoms with E-state index in [1.165, 1.54) is 14.2 Å². The molecule has 1 aliphatic rings. The van der Waals surface area contributed by atoms with Gasteiger partial charge in [0.05, 0.1) is 53.6 Å². The van der Waals surface area contributed by atoms with E-state index in [1.807, 2.05) is 0 Å². The van der Waals surface area contributed by atoms with Crippen molar-refractivity contribution in [3.8, 4) is 22.6 Å². The van der Waals surface area contributed by atoms with Crippen LogP contribution in [-0.4, -0.2) is 33.2 Å². The number of nitrogens with two attached hydrogens (primary N) is 1. The topological polar surface area (TPSA) is 86.3 Å². The molecule has 1 aliphatic heterocycles. The average molecular weight is 380 g/mol. The van der Waals surface area contributed by atoms with E-state index in [2.05, 4.69) is 9.98 Å². The minimum atomic E-state index is -0.566. The Morgan fingerprint density at radius 2 is 1.60 bits per heavy atom. The second-order valence-corrected chi connectivity index (χ2v) is 6.03. The zero-order valence-corrected chi connectivity index (χ0v) is 15.1. The Hall–Kier alpha value is -2.31. The van der Waals surface area contributed by atoms with Gasteiger partial charge in [-0.1, -0.05) is 29.3 Å². The lowest BCUT2D eigenvalue weighted by Crippen LogP contribution is -2.38. The van der Waals surface area contributed by atoms with Gasteiger partial charge in [0, 0.05) is 17.2 Å². The van der Waals surface area contributed by atoms with Gasteiger partial charge < -0.3 is 15.2 Å². The summed E-state index contributed by atoms with van der Waals surface area (Å²) < 4.78 is 10.6. The van der Waals surface area contributed by atoms with E-state index in [0.29, 0.717) is 62.0 Å². The number of halogens is 2. The number of rotatable bonds is 4. The number of primary amides is 1. The van der Waals surface area contributed by atoms with Gasteiger partial charge in [-0.05, 0) is 6.07 Å². The number of carbonyl (C=O) groups is 1. The number of amides is 1. The summed E-state index contributed by atoms with van der Waals surface area (Å²) >= 11 is 13.0. The van der Waals surface area contributed by atoms with Gasteiger partial charge in [-0.15, -0.1) is 0 Å². The van der Waals surface area contributed by atoms with E-state index >= 15 is 0 Å². The Bertz CT molecular complexity index is 962. The third-order valence-electron chi connectivity index (χ3n) is 3.90. The van der Waals surface area contributed by atoms with Gasteiger partial charge in [-0.2, -0.15) is 0 Å². The maximum Gasteiger partial charge on any atom is 0.250 e. The van der Waals surface area contributed by atoms with Crippen LogP contribution in [0.2, 0.25) is 10.0 Å². The van der Waals surface area contributed by atoms with Gasteiger partial charge in [-0.25, -0.2) is 0 Å². The summed E-state index contributed by atoms with van der Waals surface area (Å²) in [6.07, 6.45) is 0. The van der Waals surface area contributed by atoms with Crippen molar-refractivity contribution in [3.05, 3.63) is 44.5 Å². The summed E-state index contributed by atoms with van der Waals surface area (Å²) in [5.41, 5.74) is 6.90. The minimum Gasteiger partial charge on any atom is -0.495 e. The number of fused-ring (bicyclic) bond motifs is 1. The first-order valence-corrected chi connectivity index (χ1v) is 8.17. The molecule has 0 spiro atoms. The van der Waals surface area contributed by atoms with Crippen LogP contribution in [0.5, 0.6) is 11.5 Å². The van der Waals surface area contributed by atoms with E-state index in [-0.39, 0.29) is 0 Å². The van der Waals surface area contributed by atoms with Crippen LogP contribution in [0.15, 0.2) is 28.2 Å². The molecule has 8 heteroatoms. The predicted molar refractivity (Wildman–Crippen MR) is 95.6 cm³/mol. The Labute approximate surface area is 153 Å². The van der Waals surface area contributed by atoms with E-state index in [4.69, 9.17) is 38.4 Å². The predicted octanol–water partition coefficient (Wildman–Crippen LogP) is 2.03. The monoisotopic (exact) mass is 379 g/mol. The van der Waals surface area contributed by atoms with Gasteiger partial charge in [0.15, 0.2) is 0 Å². The molecular weight excluding hydrogens is 365 g/mol. The number of ether oxygens (including phenoxy) is 2. The molecule has 1 heterocycles. The van der Waals surface area contributed by atoms with E-state index in [9.17, 15) is 4.79 Å². The molecule has 0 aromatic heterocycles. The first-order valence-electron chi connectivity index (χ1n) is 7.41. The molecule has 0 unspecified atom stereocenters. The maximum absolute atomic E-state index is 11.7. The van der Waals surface area contributed by atoms with Crippen LogP contribution in [0.4, 0.5) is 0 Å². The maximum atomic E-state index is 11.7. The molecule has 0 atom stereocenters. The van der Waals surface area contributed by atoms with Gasteiger partial charge in [0.25, 0.3) is 5.91 Å². The smallest absolute Gasteiger partial charge is 0.250 e. The van der Waals surface area contributed by atoms with Crippen molar-refractivity contribution in [2.24, 2.45) is 15.7 Å². The molecule has 1 amide bonds. The van der Waals surface area contributed by atoms with Crippen molar-refractivity contribution < 1.29 is 14.3 Å². The number of methoxy groups -OCH3 is 2. The largest absolute Gasteiger partial charge is 0.495 e. The second kappa shape index (κ2) is 6.90. The fraction of sp³-hybridized carbons (Fsp3) is 0.235. The second-order valence-electron chi connectivity index (χ2n) is 5.27. The lowest BCUT2D eigenvalue weighted by Gasteiger charge is -2.16. The third kappa shape index (κ3) is 2.92. The van der Waals surface area contributed by atoms with E-state index in [1.54, 1.807) is 18.2 Å². The van der Waals surface area contributed by atoms with Gasteiger partial charge >= 0.3 is 0 Å². The van der Waals surface area contributed by atoms with Crippen LogP contribution in [0.1, 0.15) is 10.4 Å². The highest BCUT2D eigenvalue weighted by Gasteiger charge is 2.22. The lowest BCUT2D eigenvalue weighted by molar-refractivity contribution is 0.0999. The molecule has 0 saturated heterocycles. The molecule has 0 aliphatic carbocycles. The molecule has 25 heavy (non-hydrogen) atoms. The number of carbonyl (C=O) groups excluding carboxylic acids is 1. The molecule has 0 bridgehead atoms. The van der Waals surface area contributed by atoms with Crippen molar-refractivity contribution in [1.82, 2.24) is 0 Å². The molecule has 6 nitrogen and oxygen atoms in total. The Kier molecular flexibility index (Phi) is 4.83. The highest BCUT2D eigenvalue weighted by Crippen LogP contribution is 2.44. The van der Waals surface area contributed by atoms with Crippen LogP contribution in [0.25, 0.3) is 11.1 Å². The zero-order valence-electron chi connectivity index (χ0n) is 13.6. The van der Waals surface area contributed by atoms with E-state index < -0.39 is 5.91 Å². The quantitative estimate of drug-likeness (QED) is 0.881. The van der Waals surface area contributed by atoms with Gasteiger partial charge in [0.1, 0.15) is 11.5 Å². The summed E-state index contributed by atoms with van der Waals surface area (Å²) in [7, 11) is 3.01. The van der Waals surface area contributed by atoms with Crippen molar-refractivity contribution in [1.29, 1.82) is 0 Å². The minimum absolute atomic E-state index is 0.310. The van der Waals surface area contributed by atoms with Crippen LogP contribution in [0, 0.1) is 0 Å². The Balaban J connectivity index is 2.42. The van der Waals surface area contributed by atoms with Gasteiger partial charge in [-0.3, -0.25) is 14.8 Å². The summed E-state index contributed by atoms with van der Waals surface area (Å²) in [5, 5.41) is 1.62. The fourth-order valence-corrected chi connectivity index (χ4v) is 3.45. The fourth-order valence-electron chi connectivity index (χ4n) is 2.75. The standard InChI is InChI=1S/C17H15Cl2N3O3/c1-24-10-7-11(25-2)14(19)12(13(10)18)8-3-4-9(17(20)23)16-15(8)21-5-6-22-16/h3-4,7H,5-6H2,1-2H3,(H2,20,23). The highest BCUT2D eigenvalue weighted by atomic mass is 35.5. The molecule has 0 fully saturated rings. The van der Waals surface area contributed by atoms with Crippen LogP contribution >= 0.6 is 23.2 Å². The zero-order chi connectivity index (χ0) is 18.1. The molecule has 130 valence electrons. The van der Waals surface area contributed by atoms with Crippen LogP contribution < -0.4 is 25.9 Å². The van der Waals surface area contributed by atoms with Crippen LogP contribution in [-0.2, 0) is 0 Å². The van der Waals surface area contributed by atoms with Crippen LogP contribution in [0.3, 0.4) is 0 Å². The average Bonchev–Trinajstić information content (AvgIpc) is 2.62. The van der Waals surface area contributed by atoms with Crippen molar-refractivity contribution in [2.75, 3.05) is 27.3 Å².